The summed E-state index contributed by atoms with van der Waals surface area (Å²) in [6, 6.07) is 9.99. The van der Waals surface area contributed by atoms with Crippen molar-refractivity contribution in [3.63, 3.8) is 0 Å². The molecule has 0 amide bonds. The first-order valence-electron chi connectivity index (χ1n) is 7.75. The fraction of sp³-hybridized carbons (Fsp3) is 0.294. The first kappa shape index (κ1) is 14.8. The second-order valence-electron chi connectivity index (χ2n) is 5.80. The maximum absolute atomic E-state index is 6.38. The van der Waals surface area contributed by atoms with Crippen molar-refractivity contribution in [3.05, 3.63) is 52.4 Å². The molecule has 4 nitrogen and oxygen atoms in total. The third kappa shape index (κ3) is 2.77. The number of halogens is 2. The van der Waals surface area contributed by atoms with Crippen LogP contribution in [0.5, 0.6) is 0 Å². The van der Waals surface area contributed by atoms with Gasteiger partial charge in [0.25, 0.3) is 0 Å². The molecular formula is C17H16Cl2N4. The topological polar surface area (TPSA) is 44.8 Å². The number of nitrogens with zero attached hydrogens (tertiary/aromatic N) is 3. The van der Waals surface area contributed by atoms with E-state index in [4.69, 9.17) is 28.2 Å². The average Bonchev–Trinajstić information content (AvgIpc) is 2.99. The fourth-order valence-electron chi connectivity index (χ4n) is 3.22. The van der Waals surface area contributed by atoms with Gasteiger partial charge in [-0.05, 0) is 37.5 Å². The molecule has 0 bridgehead atoms. The molecule has 1 fully saturated rings. The Morgan fingerprint density at radius 1 is 1.17 bits per heavy atom. The number of fused-ring (bicyclic) bond motifs is 1. The highest BCUT2D eigenvalue weighted by atomic mass is 35.5. The SMILES string of the molecule is Clc1cnc(N2CCCCC2c2nc3ccccc3[nH]2)c(Cl)c1. The number of hydrogen-bond acceptors (Lipinski definition) is 3. The fourth-order valence-corrected chi connectivity index (χ4v) is 3.71. The Hall–Kier alpha value is -1.78. The summed E-state index contributed by atoms with van der Waals surface area (Å²) in [6.07, 6.45) is 4.97. The van der Waals surface area contributed by atoms with Crippen LogP contribution in [0.25, 0.3) is 11.0 Å². The van der Waals surface area contributed by atoms with Crippen molar-refractivity contribution in [1.29, 1.82) is 0 Å². The van der Waals surface area contributed by atoms with E-state index in [1.807, 2.05) is 24.3 Å². The van der Waals surface area contributed by atoms with Gasteiger partial charge in [-0.25, -0.2) is 9.97 Å². The van der Waals surface area contributed by atoms with E-state index in [0.717, 1.165) is 42.1 Å². The Kier molecular flexibility index (Phi) is 3.87. The van der Waals surface area contributed by atoms with E-state index in [9.17, 15) is 0 Å². The number of rotatable bonds is 2. The Balaban J connectivity index is 1.75. The second-order valence-corrected chi connectivity index (χ2v) is 6.65. The molecule has 1 aromatic carbocycles. The van der Waals surface area contributed by atoms with Crippen LogP contribution in [0.4, 0.5) is 5.82 Å². The Labute approximate surface area is 144 Å². The van der Waals surface area contributed by atoms with Crippen molar-refractivity contribution >= 4 is 40.1 Å². The van der Waals surface area contributed by atoms with Crippen LogP contribution in [-0.4, -0.2) is 21.5 Å². The van der Waals surface area contributed by atoms with E-state index in [1.54, 1.807) is 12.3 Å². The lowest BCUT2D eigenvalue weighted by Gasteiger charge is -2.35. The van der Waals surface area contributed by atoms with Gasteiger partial charge >= 0.3 is 0 Å². The molecule has 118 valence electrons. The molecule has 1 aliphatic heterocycles. The van der Waals surface area contributed by atoms with Gasteiger partial charge in [-0.3, -0.25) is 0 Å². The molecule has 0 spiro atoms. The normalized spacial score (nSPS) is 18.5. The van der Waals surface area contributed by atoms with E-state index in [1.165, 1.54) is 6.42 Å². The van der Waals surface area contributed by atoms with E-state index in [-0.39, 0.29) is 6.04 Å². The van der Waals surface area contributed by atoms with Crippen molar-refractivity contribution in [3.8, 4) is 0 Å². The van der Waals surface area contributed by atoms with Crippen molar-refractivity contribution in [2.75, 3.05) is 11.4 Å². The first-order chi connectivity index (χ1) is 11.2. The lowest BCUT2D eigenvalue weighted by atomic mass is 10.0. The van der Waals surface area contributed by atoms with Gasteiger partial charge in [-0.15, -0.1) is 0 Å². The lowest BCUT2D eigenvalue weighted by molar-refractivity contribution is 0.456. The number of H-pyrrole nitrogens is 1. The number of anilines is 1. The van der Waals surface area contributed by atoms with Crippen LogP contribution in [0.15, 0.2) is 36.5 Å². The summed E-state index contributed by atoms with van der Waals surface area (Å²) in [6.45, 7) is 0.913. The second kappa shape index (κ2) is 6.02. The molecule has 3 heterocycles. The number of pyridine rings is 1. The Morgan fingerprint density at radius 3 is 2.87 bits per heavy atom. The monoisotopic (exact) mass is 346 g/mol. The van der Waals surface area contributed by atoms with Crippen molar-refractivity contribution in [1.82, 2.24) is 15.0 Å². The third-order valence-electron chi connectivity index (χ3n) is 4.29. The predicted molar refractivity (Wildman–Crippen MR) is 94.3 cm³/mol. The van der Waals surface area contributed by atoms with E-state index >= 15 is 0 Å². The summed E-state index contributed by atoms with van der Waals surface area (Å²) in [7, 11) is 0. The lowest BCUT2D eigenvalue weighted by Crippen LogP contribution is -2.34. The van der Waals surface area contributed by atoms with Gasteiger partial charge in [0.05, 0.1) is 27.1 Å². The largest absolute Gasteiger partial charge is 0.345 e. The van der Waals surface area contributed by atoms with Crippen LogP contribution in [0, 0.1) is 0 Å². The first-order valence-corrected chi connectivity index (χ1v) is 8.50. The summed E-state index contributed by atoms with van der Waals surface area (Å²) in [4.78, 5) is 14.9. The van der Waals surface area contributed by atoms with E-state index < -0.39 is 0 Å². The number of piperidine rings is 1. The van der Waals surface area contributed by atoms with Crippen molar-refractivity contribution in [2.24, 2.45) is 0 Å². The number of aromatic nitrogens is 3. The van der Waals surface area contributed by atoms with E-state index in [0.29, 0.717) is 10.0 Å². The number of benzene rings is 1. The number of hydrogen-bond donors (Lipinski definition) is 1. The van der Waals surface area contributed by atoms with Gasteiger partial charge in [-0.1, -0.05) is 35.3 Å². The molecule has 1 aliphatic rings. The Morgan fingerprint density at radius 2 is 2.04 bits per heavy atom. The summed E-state index contributed by atoms with van der Waals surface area (Å²) in [5, 5.41) is 1.14. The highest BCUT2D eigenvalue weighted by Gasteiger charge is 2.29. The van der Waals surface area contributed by atoms with Gasteiger partial charge in [0.2, 0.25) is 0 Å². The maximum atomic E-state index is 6.38. The zero-order chi connectivity index (χ0) is 15.8. The van der Waals surface area contributed by atoms with Crippen LogP contribution in [0.1, 0.15) is 31.1 Å². The molecule has 0 saturated carbocycles. The quantitative estimate of drug-likeness (QED) is 0.710. The number of nitrogens with one attached hydrogen (secondary N) is 1. The van der Waals surface area contributed by atoms with Crippen LogP contribution in [0.3, 0.4) is 0 Å². The molecule has 23 heavy (non-hydrogen) atoms. The minimum absolute atomic E-state index is 0.155. The standard InChI is InChI=1S/C17H16Cl2N4/c18-11-9-12(19)17(20-10-11)23-8-4-3-7-15(23)16-21-13-5-1-2-6-14(13)22-16/h1-2,5-6,9-10,15H,3-4,7-8H2,(H,21,22). The van der Waals surface area contributed by atoms with Crippen molar-refractivity contribution in [2.45, 2.75) is 25.3 Å². The van der Waals surface area contributed by atoms with Gasteiger partial charge in [0.15, 0.2) is 0 Å². The molecule has 1 unspecified atom stereocenters. The van der Waals surface area contributed by atoms with Crippen LogP contribution < -0.4 is 4.90 Å². The van der Waals surface area contributed by atoms with Gasteiger partial charge < -0.3 is 9.88 Å². The van der Waals surface area contributed by atoms with E-state index in [2.05, 4.69) is 14.9 Å². The number of aromatic amines is 1. The minimum atomic E-state index is 0.155. The number of para-hydroxylation sites is 2. The minimum Gasteiger partial charge on any atom is -0.345 e. The van der Waals surface area contributed by atoms with Crippen LogP contribution in [-0.2, 0) is 0 Å². The van der Waals surface area contributed by atoms with Gasteiger partial charge in [-0.2, -0.15) is 0 Å². The predicted octanol–water partition coefficient (Wildman–Crippen LogP) is 5.00. The smallest absolute Gasteiger partial charge is 0.148 e. The molecule has 4 rings (SSSR count). The zero-order valence-corrected chi connectivity index (χ0v) is 14.0. The summed E-state index contributed by atoms with van der Waals surface area (Å²) in [5.41, 5.74) is 2.05. The highest BCUT2D eigenvalue weighted by molar-refractivity contribution is 6.36. The van der Waals surface area contributed by atoms with Gasteiger partial charge in [0.1, 0.15) is 11.6 Å². The average molecular weight is 347 g/mol. The molecule has 2 aromatic heterocycles. The molecule has 1 atom stereocenters. The molecule has 6 heteroatoms. The maximum Gasteiger partial charge on any atom is 0.148 e. The van der Waals surface area contributed by atoms with Crippen LogP contribution >= 0.6 is 23.2 Å². The number of imidazole rings is 1. The van der Waals surface area contributed by atoms with Crippen molar-refractivity contribution < 1.29 is 0 Å². The molecule has 1 N–H and O–H groups in total. The summed E-state index contributed by atoms with van der Waals surface area (Å²) in [5.74, 6) is 1.75. The molecule has 3 aromatic rings. The third-order valence-corrected chi connectivity index (χ3v) is 4.77. The Bertz CT molecular complexity index is 812. The molecule has 0 radical (unpaired) electrons. The summed E-state index contributed by atoms with van der Waals surface area (Å²) >= 11 is 12.4. The zero-order valence-electron chi connectivity index (χ0n) is 12.5. The highest BCUT2D eigenvalue weighted by Crippen LogP contribution is 2.37. The molecule has 1 saturated heterocycles. The summed E-state index contributed by atoms with van der Waals surface area (Å²) < 4.78 is 0. The molecule has 0 aliphatic carbocycles. The van der Waals surface area contributed by atoms with Crippen LogP contribution in [0.2, 0.25) is 10.0 Å². The molecular weight excluding hydrogens is 331 g/mol. The van der Waals surface area contributed by atoms with Gasteiger partial charge in [0, 0.05) is 12.7 Å².